The number of hydrogen-bond acceptors (Lipinski definition) is 4. The van der Waals surface area contributed by atoms with Gasteiger partial charge in [-0.1, -0.05) is 25.0 Å². The van der Waals surface area contributed by atoms with Gasteiger partial charge in [0.15, 0.2) is 9.84 Å². The zero-order chi connectivity index (χ0) is 19.3. The van der Waals surface area contributed by atoms with Crippen LogP contribution in [0.5, 0.6) is 0 Å². The van der Waals surface area contributed by atoms with Crippen molar-refractivity contribution in [3.8, 4) is 0 Å². The van der Waals surface area contributed by atoms with Crippen LogP contribution in [0.25, 0.3) is 0 Å². The highest BCUT2D eigenvalue weighted by molar-refractivity contribution is 7.92. The molecule has 1 saturated carbocycles. The van der Waals surface area contributed by atoms with Crippen LogP contribution in [-0.4, -0.2) is 49.2 Å². The Balaban J connectivity index is 1.46. The summed E-state index contributed by atoms with van der Waals surface area (Å²) in [6, 6.07) is 7.18. The molecule has 0 radical (unpaired) electrons. The van der Waals surface area contributed by atoms with Crippen molar-refractivity contribution in [2.24, 2.45) is 0 Å². The van der Waals surface area contributed by atoms with E-state index in [4.69, 9.17) is 0 Å². The van der Waals surface area contributed by atoms with Gasteiger partial charge in [-0.3, -0.25) is 9.59 Å². The Morgan fingerprint density at radius 1 is 1.00 bits per heavy atom. The van der Waals surface area contributed by atoms with Crippen LogP contribution in [0.4, 0.5) is 5.69 Å². The lowest BCUT2D eigenvalue weighted by atomic mass is 10.1. The second kappa shape index (κ2) is 8.87. The van der Waals surface area contributed by atoms with E-state index in [2.05, 4.69) is 5.32 Å². The summed E-state index contributed by atoms with van der Waals surface area (Å²) in [6.07, 6.45) is 5.87. The van der Waals surface area contributed by atoms with Gasteiger partial charge in [-0.15, -0.1) is 0 Å². The second-order valence-corrected chi connectivity index (χ2v) is 9.93. The molecule has 1 saturated heterocycles. The minimum atomic E-state index is -3.18. The number of amides is 2. The first-order valence-electron chi connectivity index (χ1n) is 9.82. The van der Waals surface area contributed by atoms with Crippen molar-refractivity contribution in [2.75, 3.05) is 24.2 Å². The summed E-state index contributed by atoms with van der Waals surface area (Å²) in [5.74, 6) is -0.245. The third-order valence-electron chi connectivity index (χ3n) is 5.48. The maximum atomic E-state index is 12.2. The van der Waals surface area contributed by atoms with E-state index in [9.17, 15) is 18.0 Å². The highest BCUT2D eigenvalue weighted by Crippen LogP contribution is 2.25. The van der Waals surface area contributed by atoms with Gasteiger partial charge in [-0.25, -0.2) is 8.42 Å². The first-order chi connectivity index (χ1) is 12.9. The molecule has 1 heterocycles. The Bertz CT molecular complexity index is 762. The normalized spacial score (nSPS) is 18.0. The molecule has 1 aliphatic carbocycles. The number of hydrogen-bond donors (Lipinski definition) is 1. The molecule has 148 valence electrons. The van der Waals surface area contributed by atoms with Gasteiger partial charge in [0.2, 0.25) is 11.8 Å². The summed E-state index contributed by atoms with van der Waals surface area (Å²) < 4.78 is 24.5. The van der Waals surface area contributed by atoms with Gasteiger partial charge in [-0.2, -0.15) is 0 Å². The fourth-order valence-corrected chi connectivity index (χ4v) is 5.69. The molecular weight excluding hydrogens is 364 g/mol. The molecule has 2 amide bonds. The highest BCUT2D eigenvalue weighted by Gasteiger charge is 2.28. The summed E-state index contributed by atoms with van der Waals surface area (Å²) in [6.45, 7) is 1.69. The molecule has 0 atom stereocenters. The minimum absolute atomic E-state index is 0.0198. The smallest absolute Gasteiger partial charge is 0.226 e. The molecule has 0 spiro atoms. The van der Waals surface area contributed by atoms with Gasteiger partial charge < -0.3 is 10.2 Å². The highest BCUT2D eigenvalue weighted by atomic mass is 32.2. The molecule has 0 aromatic heterocycles. The molecule has 1 aromatic carbocycles. The molecule has 6 nitrogen and oxygen atoms in total. The van der Waals surface area contributed by atoms with Crippen LogP contribution in [-0.2, 0) is 25.8 Å². The predicted octanol–water partition coefficient (Wildman–Crippen LogP) is 2.54. The van der Waals surface area contributed by atoms with Crippen LogP contribution in [0.15, 0.2) is 24.3 Å². The SMILES string of the molecule is O=C(CCS(=O)(=O)C1CCCC1)Nc1ccc(CC(=O)N2CCCC2)cc1. The number of nitrogens with zero attached hydrogens (tertiary/aromatic N) is 1. The zero-order valence-corrected chi connectivity index (χ0v) is 16.5. The molecule has 1 aliphatic heterocycles. The van der Waals surface area contributed by atoms with Gasteiger partial charge >= 0.3 is 0 Å². The molecule has 1 aromatic rings. The quantitative estimate of drug-likeness (QED) is 0.773. The summed E-state index contributed by atoms with van der Waals surface area (Å²) in [4.78, 5) is 26.1. The van der Waals surface area contributed by atoms with E-state index in [-0.39, 0.29) is 29.2 Å². The summed E-state index contributed by atoms with van der Waals surface area (Å²) in [5.41, 5.74) is 1.53. The number of likely N-dealkylation sites (tertiary alicyclic amines) is 1. The number of rotatable bonds is 7. The first-order valence-corrected chi connectivity index (χ1v) is 11.5. The average Bonchev–Trinajstić information content (AvgIpc) is 3.35. The monoisotopic (exact) mass is 392 g/mol. The van der Waals surface area contributed by atoms with Gasteiger partial charge in [0.05, 0.1) is 17.4 Å². The molecule has 27 heavy (non-hydrogen) atoms. The van der Waals surface area contributed by atoms with Gasteiger partial charge in [0.1, 0.15) is 0 Å². The van der Waals surface area contributed by atoms with Crippen LogP contribution < -0.4 is 5.32 Å². The van der Waals surface area contributed by atoms with Crippen LogP contribution >= 0.6 is 0 Å². The summed E-state index contributed by atoms with van der Waals surface area (Å²) in [7, 11) is -3.18. The van der Waals surface area contributed by atoms with Crippen molar-refractivity contribution < 1.29 is 18.0 Å². The lowest BCUT2D eigenvalue weighted by Gasteiger charge is -2.15. The maximum Gasteiger partial charge on any atom is 0.226 e. The fraction of sp³-hybridized carbons (Fsp3) is 0.600. The van der Waals surface area contributed by atoms with Gasteiger partial charge in [-0.05, 0) is 43.4 Å². The Kier molecular flexibility index (Phi) is 6.52. The van der Waals surface area contributed by atoms with Crippen LogP contribution in [0, 0.1) is 0 Å². The predicted molar refractivity (Wildman–Crippen MR) is 105 cm³/mol. The number of anilines is 1. The van der Waals surface area contributed by atoms with Crippen molar-refractivity contribution in [3.05, 3.63) is 29.8 Å². The van der Waals surface area contributed by atoms with Gasteiger partial charge in [0, 0.05) is 25.2 Å². The molecule has 2 aliphatic rings. The minimum Gasteiger partial charge on any atom is -0.342 e. The van der Waals surface area contributed by atoms with Crippen molar-refractivity contribution in [1.82, 2.24) is 4.90 Å². The molecule has 0 bridgehead atoms. The fourth-order valence-electron chi connectivity index (χ4n) is 3.83. The number of benzene rings is 1. The van der Waals surface area contributed by atoms with Crippen molar-refractivity contribution >= 4 is 27.3 Å². The summed E-state index contributed by atoms with van der Waals surface area (Å²) >= 11 is 0. The third kappa shape index (κ3) is 5.54. The Morgan fingerprint density at radius 2 is 1.63 bits per heavy atom. The Hall–Kier alpha value is -1.89. The zero-order valence-electron chi connectivity index (χ0n) is 15.7. The van der Waals surface area contributed by atoms with E-state index in [0.29, 0.717) is 12.1 Å². The van der Waals surface area contributed by atoms with E-state index in [1.165, 1.54) is 0 Å². The summed E-state index contributed by atoms with van der Waals surface area (Å²) in [5, 5.41) is 2.48. The molecule has 2 fully saturated rings. The van der Waals surface area contributed by atoms with E-state index in [1.807, 2.05) is 17.0 Å². The lowest BCUT2D eigenvalue weighted by molar-refractivity contribution is -0.129. The largest absolute Gasteiger partial charge is 0.342 e. The first kappa shape index (κ1) is 19.9. The molecule has 7 heteroatoms. The number of carbonyl (C=O) groups is 2. The van der Waals surface area contributed by atoms with E-state index < -0.39 is 9.84 Å². The number of sulfone groups is 1. The Labute approximate surface area is 161 Å². The van der Waals surface area contributed by atoms with Crippen molar-refractivity contribution in [2.45, 2.75) is 56.6 Å². The van der Waals surface area contributed by atoms with E-state index in [1.54, 1.807) is 12.1 Å². The van der Waals surface area contributed by atoms with E-state index in [0.717, 1.165) is 57.2 Å². The number of nitrogens with one attached hydrogen (secondary N) is 1. The van der Waals surface area contributed by atoms with Crippen LogP contribution in [0.2, 0.25) is 0 Å². The van der Waals surface area contributed by atoms with Crippen LogP contribution in [0.3, 0.4) is 0 Å². The number of carbonyl (C=O) groups excluding carboxylic acids is 2. The van der Waals surface area contributed by atoms with Gasteiger partial charge in [0.25, 0.3) is 0 Å². The third-order valence-corrected chi connectivity index (χ3v) is 7.74. The lowest BCUT2D eigenvalue weighted by Crippen LogP contribution is -2.29. The molecule has 1 N–H and O–H groups in total. The topological polar surface area (TPSA) is 83.5 Å². The second-order valence-electron chi connectivity index (χ2n) is 7.53. The molecule has 0 unspecified atom stereocenters. The average molecular weight is 393 g/mol. The maximum absolute atomic E-state index is 12.2. The van der Waals surface area contributed by atoms with E-state index >= 15 is 0 Å². The molecule has 3 rings (SSSR count). The standard InChI is InChI=1S/C20H28N2O4S/c23-19(11-14-27(25,26)18-5-1-2-6-18)21-17-9-7-16(8-10-17)15-20(24)22-12-3-4-13-22/h7-10,18H,1-6,11-15H2,(H,21,23). The molecular formula is C20H28N2O4S. The van der Waals surface area contributed by atoms with Crippen LogP contribution in [0.1, 0.15) is 50.5 Å². The Morgan fingerprint density at radius 3 is 2.26 bits per heavy atom. The van der Waals surface area contributed by atoms with Crippen molar-refractivity contribution in [1.29, 1.82) is 0 Å². The van der Waals surface area contributed by atoms with Crippen molar-refractivity contribution in [3.63, 3.8) is 0 Å².